The van der Waals surface area contributed by atoms with E-state index in [1.165, 1.54) is 11.3 Å². The van der Waals surface area contributed by atoms with Crippen LogP contribution >= 0.6 is 11.3 Å². The zero-order valence-corrected chi connectivity index (χ0v) is 11.0. The van der Waals surface area contributed by atoms with E-state index in [-0.39, 0.29) is 11.9 Å². The molecular weight excluding hydrogens is 264 g/mol. The number of thiophene rings is 1. The predicted octanol–water partition coefficient (Wildman–Crippen LogP) is 0.431. The minimum absolute atomic E-state index is 0.302. The maximum absolute atomic E-state index is 11.5. The second kappa shape index (κ2) is 4.63. The van der Waals surface area contributed by atoms with Gasteiger partial charge in [0.05, 0.1) is 5.39 Å². The summed E-state index contributed by atoms with van der Waals surface area (Å²) >= 11 is 1.51. The SMILES string of the molecule is NNc1nc(N2CCCC2C(N)=O)c2ccsc2n1. The Hall–Kier alpha value is -1.93. The van der Waals surface area contributed by atoms with Gasteiger partial charge in [-0.15, -0.1) is 11.3 Å². The summed E-state index contributed by atoms with van der Waals surface area (Å²) in [7, 11) is 0. The van der Waals surface area contributed by atoms with Crippen LogP contribution < -0.4 is 21.9 Å². The molecule has 0 spiro atoms. The fourth-order valence-electron chi connectivity index (χ4n) is 2.44. The van der Waals surface area contributed by atoms with Crippen LogP contribution in [0.3, 0.4) is 0 Å². The van der Waals surface area contributed by atoms with Gasteiger partial charge in [-0.25, -0.2) is 10.8 Å². The van der Waals surface area contributed by atoms with Crippen LogP contribution in [0.25, 0.3) is 10.2 Å². The molecule has 1 aliphatic heterocycles. The Morgan fingerprint density at radius 2 is 2.37 bits per heavy atom. The molecule has 8 heteroatoms. The van der Waals surface area contributed by atoms with Crippen LogP contribution in [0.15, 0.2) is 11.4 Å². The van der Waals surface area contributed by atoms with Crippen LogP contribution in [0.2, 0.25) is 0 Å². The van der Waals surface area contributed by atoms with Gasteiger partial charge in [-0.05, 0) is 24.3 Å². The Bertz CT molecular complexity index is 627. The van der Waals surface area contributed by atoms with E-state index in [4.69, 9.17) is 11.6 Å². The standard InChI is InChI=1S/C11H14N6OS/c12-8(18)7-2-1-4-17(7)9-6-3-5-19-10(6)15-11(14-9)16-13/h3,5,7H,1-2,4,13H2,(H2,12,18)(H,14,15,16). The van der Waals surface area contributed by atoms with E-state index in [1.54, 1.807) is 0 Å². The summed E-state index contributed by atoms with van der Waals surface area (Å²) in [4.78, 5) is 23.0. The van der Waals surface area contributed by atoms with E-state index in [0.717, 1.165) is 35.4 Å². The van der Waals surface area contributed by atoms with E-state index < -0.39 is 0 Å². The largest absolute Gasteiger partial charge is 0.368 e. The summed E-state index contributed by atoms with van der Waals surface area (Å²) in [5, 5.41) is 2.87. The molecule has 0 aliphatic carbocycles. The van der Waals surface area contributed by atoms with Crippen molar-refractivity contribution in [2.45, 2.75) is 18.9 Å². The molecule has 1 fully saturated rings. The highest BCUT2D eigenvalue weighted by Gasteiger charge is 2.31. The number of nitrogen functional groups attached to an aromatic ring is 1. The number of carbonyl (C=O) groups excluding carboxylic acids is 1. The van der Waals surface area contributed by atoms with Crippen LogP contribution in [0, 0.1) is 0 Å². The highest BCUT2D eigenvalue weighted by molar-refractivity contribution is 7.16. The quantitative estimate of drug-likeness (QED) is 0.555. The lowest BCUT2D eigenvalue weighted by atomic mass is 10.2. The lowest BCUT2D eigenvalue weighted by Crippen LogP contribution is -2.41. The van der Waals surface area contributed by atoms with Gasteiger partial charge in [0.15, 0.2) is 0 Å². The number of primary amides is 1. The molecule has 19 heavy (non-hydrogen) atoms. The monoisotopic (exact) mass is 278 g/mol. The van der Waals surface area contributed by atoms with Crippen molar-refractivity contribution in [3.63, 3.8) is 0 Å². The maximum atomic E-state index is 11.5. The van der Waals surface area contributed by atoms with Gasteiger partial charge in [-0.2, -0.15) is 4.98 Å². The molecule has 3 heterocycles. The second-order valence-corrected chi connectivity index (χ2v) is 5.30. The van der Waals surface area contributed by atoms with E-state index in [1.807, 2.05) is 16.3 Å². The normalized spacial score (nSPS) is 19.0. The zero-order valence-electron chi connectivity index (χ0n) is 10.2. The van der Waals surface area contributed by atoms with Gasteiger partial charge in [0.25, 0.3) is 0 Å². The van der Waals surface area contributed by atoms with Crippen LogP contribution in [-0.2, 0) is 4.79 Å². The van der Waals surface area contributed by atoms with E-state index >= 15 is 0 Å². The highest BCUT2D eigenvalue weighted by atomic mass is 32.1. The Morgan fingerprint density at radius 1 is 1.53 bits per heavy atom. The average molecular weight is 278 g/mol. The van der Waals surface area contributed by atoms with Crippen molar-refractivity contribution in [3.05, 3.63) is 11.4 Å². The van der Waals surface area contributed by atoms with E-state index in [2.05, 4.69) is 15.4 Å². The Morgan fingerprint density at radius 3 is 3.11 bits per heavy atom. The van der Waals surface area contributed by atoms with E-state index in [0.29, 0.717) is 5.95 Å². The Balaban J connectivity index is 2.12. The molecule has 1 amide bonds. The van der Waals surface area contributed by atoms with Gasteiger partial charge >= 0.3 is 0 Å². The zero-order chi connectivity index (χ0) is 13.4. The number of nitrogens with two attached hydrogens (primary N) is 2. The molecule has 0 radical (unpaired) electrons. The molecular formula is C11H14N6OS. The molecule has 100 valence electrons. The number of hydrogen-bond acceptors (Lipinski definition) is 7. The van der Waals surface area contributed by atoms with Gasteiger partial charge in [-0.1, -0.05) is 0 Å². The summed E-state index contributed by atoms with van der Waals surface area (Å²) in [6.45, 7) is 0.763. The second-order valence-electron chi connectivity index (χ2n) is 4.41. The fourth-order valence-corrected chi connectivity index (χ4v) is 3.20. The third kappa shape index (κ3) is 1.98. The van der Waals surface area contributed by atoms with Crippen LogP contribution in [0.5, 0.6) is 0 Å². The van der Waals surface area contributed by atoms with Crippen molar-refractivity contribution in [2.75, 3.05) is 16.9 Å². The first-order valence-corrected chi connectivity index (χ1v) is 6.86. The number of aromatic nitrogens is 2. The summed E-state index contributed by atoms with van der Waals surface area (Å²) in [5.41, 5.74) is 7.91. The molecule has 1 unspecified atom stereocenters. The van der Waals surface area contributed by atoms with Gasteiger partial charge in [0.1, 0.15) is 16.7 Å². The van der Waals surface area contributed by atoms with Crippen LogP contribution in [0.1, 0.15) is 12.8 Å². The van der Waals surface area contributed by atoms with Crippen LogP contribution in [0.4, 0.5) is 11.8 Å². The van der Waals surface area contributed by atoms with Crippen molar-refractivity contribution in [2.24, 2.45) is 11.6 Å². The minimum atomic E-state index is -0.318. The van der Waals surface area contributed by atoms with Crippen molar-refractivity contribution in [1.29, 1.82) is 0 Å². The van der Waals surface area contributed by atoms with Crippen molar-refractivity contribution in [3.8, 4) is 0 Å². The first kappa shape index (κ1) is 12.1. The number of amides is 1. The topological polar surface area (TPSA) is 110 Å². The van der Waals surface area contributed by atoms with Crippen molar-refractivity contribution < 1.29 is 4.79 Å². The molecule has 2 aromatic rings. The Kier molecular flexibility index (Phi) is 2.96. The molecule has 7 nitrogen and oxygen atoms in total. The lowest BCUT2D eigenvalue weighted by Gasteiger charge is -2.24. The molecule has 1 atom stereocenters. The van der Waals surface area contributed by atoms with Crippen LogP contribution in [-0.4, -0.2) is 28.5 Å². The average Bonchev–Trinajstić information content (AvgIpc) is 3.05. The van der Waals surface area contributed by atoms with Gasteiger partial charge in [0.2, 0.25) is 11.9 Å². The molecule has 0 bridgehead atoms. The first-order valence-electron chi connectivity index (χ1n) is 5.98. The summed E-state index contributed by atoms with van der Waals surface area (Å²) in [6.07, 6.45) is 1.69. The summed E-state index contributed by atoms with van der Waals surface area (Å²) in [6, 6.07) is 1.65. The first-order chi connectivity index (χ1) is 9.20. The predicted molar refractivity (Wildman–Crippen MR) is 74.8 cm³/mol. The summed E-state index contributed by atoms with van der Waals surface area (Å²) in [5.74, 6) is 6.14. The number of nitrogens with zero attached hydrogens (tertiary/aromatic N) is 3. The van der Waals surface area contributed by atoms with Gasteiger partial charge < -0.3 is 10.6 Å². The molecule has 1 saturated heterocycles. The molecule has 0 aromatic carbocycles. The number of rotatable bonds is 3. The lowest BCUT2D eigenvalue weighted by molar-refractivity contribution is -0.119. The fraction of sp³-hybridized carbons (Fsp3) is 0.364. The number of hydrogen-bond donors (Lipinski definition) is 3. The van der Waals surface area contributed by atoms with Gasteiger partial charge in [-0.3, -0.25) is 10.2 Å². The third-order valence-electron chi connectivity index (χ3n) is 3.29. The van der Waals surface area contributed by atoms with Gasteiger partial charge in [0, 0.05) is 6.54 Å². The number of hydrazine groups is 1. The molecule has 3 rings (SSSR count). The maximum Gasteiger partial charge on any atom is 0.240 e. The molecule has 5 N–H and O–H groups in total. The van der Waals surface area contributed by atoms with E-state index in [9.17, 15) is 4.79 Å². The number of carbonyl (C=O) groups is 1. The number of fused-ring (bicyclic) bond motifs is 1. The Labute approximate surface area is 113 Å². The molecule has 0 saturated carbocycles. The third-order valence-corrected chi connectivity index (χ3v) is 4.09. The van der Waals surface area contributed by atoms with Crippen molar-refractivity contribution in [1.82, 2.24) is 9.97 Å². The minimum Gasteiger partial charge on any atom is -0.368 e. The van der Waals surface area contributed by atoms with Crippen molar-refractivity contribution >= 4 is 39.2 Å². The smallest absolute Gasteiger partial charge is 0.240 e. The highest BCUT2D eigenvalue weighted by Crippen LogP contribution is 2.33. The molecule has 1 aliphatic rings. The summed E-state index contributed by atoms with van der Waals surface area (Å²) < 4.78 is 0. The number of anilines is 2. The number of nitrogens with one attached hydrogen (secondary N) is 1. The molecule has 2 aromatic heterocycles.